The minimum atomic E-state index is 0.583. The quantitative estimate of drug-likeness (QED) is 0.227. The Morgan fingerprint density at radius 2 is 0.621 bits per heavy atom. The molecular formula is C24H56N5+. The first-order chi connectivity index (χ1) is 14.1. The van der Waals surface area contributed by atoms with Crippen LogP contribution in [-0.2, 0) is 0 Å². The van der Waals surface area contributed by atoms with Crippen LogP contribution >= 0.6 is 0 Å². The van der Waals surface area contributed by atoms with Crippen LogP contribution in [0.25, 0.3) is 0 Å². The molecule has 0 aliphatic carbocycles. The SMILES string of the molecule is CCCC(CCN)[N+](C(CCC)CCN)(C(CCC)CCN)C(CCC)CCN. The van der Waals surface area contributed by atoms with Crippen molar-refractivity contribution in [2.75, 3.05) is 26.2 Å². The molecule has 0 spiro atoms. The van der Waals surface area contributed by atoms with Crippen LogP contribution in [-0.4, -0.2) is 54.8 Å². The summed E-state index contributed by atoms with van der Waals surface area (Å²) >= 11 is 0. The van der Waals surface area contributed by atoms with Crippen LogP contribution < -0.4 is 22.9 Å². The third-order valence-corrected chi connectivity index (χ3v) is 7.02. The molecule has 0 saturated heterocycles. The lowest BCUT2D eigenvalue weighted by molar-refractivity contribution is -1.02. The van der Waals surface area contributed by atoms with Gasteiger partial charge >= 0.3 is 0 Å². The standard InChI is InChI=1S/C24H56N5/c1-5-9-21(13-17-25)29(22(10-6-2)14-18-26,23(11-7-3)15-19-27)24(12-8-4)16-20-28/h21-24H,5-20,25-28H2,1-4H3/q+1. The fourth-order valence-electron chi connectivity index (χ4n) is 6.26. The zero-order chi connectivity index (χ0) is 22.1. The van der Waals surface area contributed by atoms with E-state index in [1.165, 1.54) is 55.8 Å². The van der Waals surface area contributed by atoms with Gasteiger partial charge in [0.2, 0.25) is 0 Å². The molecule has 5 heteroatoms. The normalized spacial score (nSPS) is 18.2. The largest absolute Gasteiger partial charge is 0.330 e. The molecule has 0 aromatic heterocycles. The van der Waals surface area contributed by atoms with Crippen molar-refractivity contribution in [3.8, 4) is 0 Å². The van der Waals surface area contributed by atoms with E-state index in [0.717, 1.165) is 51.9 Å². The maximum atomic E-state index is 6.22. The fraction of sp³-hybridized carbons (Fsp3) is 1.00. The highest BCUT2D eigenvalue weighted by Crippen LogP contribution is 2.41. The second-order valence-corrected chi connectivity index (χ2v) is 8.97. The Hall–Kier alpha value is -0.200. The third kappa shape index (κ3) is 8.10. The Labute approximate surface area is 182 Å². The topological polar surface area (TPSA) is 104 Å². The zero-order valence-corrected chi connectivity index (χ0v) is 20.4. The molecule has 0 heterocycles. The van der Waals surface area contributed by atoms with E-state index in [4.69, 9.17) is 22.9 Å². The van der Waals surface area contributed by atoms with E-state index in [0.29, 0.717) is 24.2 Å². The second kappa shape index (κ2) is 17.5. The average Bonchev–Trinajstić information content (AvgIpc) is 2.70. The number of hydrogen-bond donors (Lipinski definition) is 4. The van der Waals surface area contributed by atoms with E-state index < -0.39 is 0 Å². The molecule has 0 fully saturated rings. The van der Waals surface area contributed by atoms with Gasteiger partial charge in [0, 0.05) is 25.7 Å². The van der Waals surface area contributed by atoms with Crippen LogP contribution in [0.4, 0.5) is 0 Å². The van der Waals surface area contributed by atoms with Gasteiger partial charge in [0.1, 0.15) is 0 Å². The lowest BCUT2D eigenvalue weighted by Gasteiger charge is -2.60. The van der Waals surface area contributed by atoms with Gasteiger partial charge in [0.15, 0.2) is 0 Å². The first kappa shape index (κ1) is 28.8. The van der Waals surface area contributed by atoms with Crippen molar-refractivity contribution >= 4 is 0 Å². The predicted molar refractivity (Wildman–Crippen MR) is 130 cm³/mol. The Bertz CT molecular complexity index is 270. The van der Waals surface area contributed by atoms with E-state index in [-0.39, 0.29) is 0 Å². The minimum Gasteiger partial charge on any atom is -0.330 e. The van der Waals surface area contributed by atoms with Crippen molar-refractivity contribution in [2.45, 2.75) is 129 Å². The number of rotatable bonds is 20. The molecule has 0 aliphatic rings. The molecule has 0 amide bonds. The summed E-state index contributed by atoms with van der Waals surface area (Å²) in [7, 11) is 0. The van der Waals surface area contributed by atoms with Gasteiger partial charge in [-0.1, -0.05) is 53.4 Å². The molecule has 0 rings (SSSR count). The molecule has 8 N–H and O–H groups in total. The minimum absolute atomic E-state index is 0.583. The smallest absolute Gasteiger partial charge is 0.0908 e. The van der Waals surface area contributed by atoms with Gasteiger partial charge in [-0.25, -0.2) is 0 Å². The summed E-state index contributed by atoms with van der Waals surface area (Å²) < 4.78 is 1.19. The fourth-order valence-corrected chi connectivity index (χ4v) is 6.26. The van der Waals surface area contributed by atoms with E-state index in [2.05, 4.69) is 27.7 Å². The van der Waals surface area contributed by atoms with Gasteiger partial charge in [0.25, 0.3) is 0 Å². The molecule has 4 unspecified atom stereocenters. The van der Waals surface area contributed by atoms with Crippen molar-refractivity contribution in [3.63, 3.8) is 0 Å². The van der Waals surface area contributed by atoms with E-state index >= 15 is 0 Å². The third-order valence-electron chi connectivity index (χ3n) is 7.02. The van der Waals surface area contributed by atoms with Crippen molar-refractivity contribution < 1.29 is 4.48 Å². The maximum absolute atomic E-state index is 6.22. The van der Waals surface area contributed by atoms with Crippen LogP contribution in [0.1, 0.15) is 105 Å². The van der Waals surface area contributed by atoms with E-state index in [1.54, 1.807) is 0 Å². The van der Waals surface area contributed by atoms with Crippen LogP contribution in [0.3, 0.4) is 0 Å². The monoisotopic (exact) mass is 414 g/mol. The Morgan fingerprint density at radius 3 is 0.759 bits per heavy atom. The zero-order valence-electron chi connectivity index (χ0n) is 20.4. The summed E-state index contributed by atoms with van der Waals surface area (Å²) in [4.78, 5) is 0. The van der Waals surface area contributed by atoms with Crippen LogP contribution in [0.2, 0.25) is 0 Å². The second-order valence-electron chi connectivity index (χ2n) is 8.97. The Kier molecular flexibility index (Phi) is 17.4. The average molecular weight is 415 g/mol. The number of nitrogens with zero attached hydrogens (tertiary/aromatic N) is 1. The summed E-state index contributed by atoms with van der Waals surface area (Å²) in [5.41, 5.74) is 24.9. The van der Waals surface area contributed by atoms with Gasteiger partial charge in [-0.15, -0.1) is 0 Å². The van der Waals surface area contributed by atoms with Gasteiger partial charge in [0.05, 0.1) is 24.2 Å². The summed E-state index contributed by atoms with van der Waals surface area (Å²) in [5, 5.41) is 0. The van der Waals surface area contributed by atoms with Gasteiger partial charge in [-0.2, -0.15) is 0 Å². The van der Waals surface area contributed by atoms with Crippen molar-refractivity contribution in [3.05, 3.63) is 0 Å². The Balaban J connectivity index is 6.80. The van der Waals surface area contributed by atoms with Crippen molar-refractivity contribution in [1.82, 2.24) is 0 Å². The van der Waals surface area contributed by atoms with Gasteiger partial charge < -0.3 is 27.4 Å². The number of quaternary nitrogens is 1. The lowest BCUT2D eigenvalue weighted by atomic mass is 9.83. The predicted octanol–water partition coefficient (Wildman–Crippen LogP) is 3.87. The molecule has 0 saturated carbocycles. The molecule has 176 valence electrons. The molecule has 0 aliphatic heterocycles. The summed E-state index contributed by atoms with van der Waals surface area (Å²) in [6.45, 7) is 12.3. The van der Waals surface area contributed by atoms with Crippen LogP contribution in [0.15, 0.2) is 0 Å². The number of nitrogens with two attached hydrogens (primary N) is 4. The molecule has 29 heavy (non-hydrogen) atoms. The van der Waals surface area contributed by atoms with Crippen molar-refractivity contribution in [1.29, 1.82) is 0 Å². The highest BCUT2D eigenvalue weighted by Gasteiger charge is 2.51. The van der Waals surface area contributed by atoms with E-state index in [9.17, 15) is 0 Å². The van der Waals surface area contributed by atoms with Gasteiger partial charge in [-0.05, 0) is 51.9 Å². The molecule has 0 aromatic carbocycles. The Morgan fingerprint density at radius 1 is 0.414 bits per heavy atom. The molecule has 4 atom stereocenters. The van der Waals surface area contributed by atoms with Crippen LogP contribution in [0.5, 0.6) is 0 Å². The molecule has 0 radical (unpaired) electrons. The van der Waals surface area contributed by atoms with Gasteiger partial charge in [-0.3, -0.25) is 0 Å². The molecule has 0 aromatic rings. The highest BCUT2D eigenvalue weighted by atomic mass is 15.4. The first-order valence-electron chi connectivity index (χ1n) is 12.8. The number of hydrogen-bond acceptors (Lipinski definition) is 4. The molecule has 5 nitrogen and oxygen atoms in total. The summed E-state index contributed by atoms with van der Waals surface area (Å²) in [6, 6.07) is 2.33. The molecular weight excluding hydrogens is 358 g/mol. The summed E-state index contributed by atoms with van der Waals surface area (Å²) in [5.74, 6) is 0. The lowest BCUT2D eigenvalue weighted by Crippen LogP contribution is -2.72. The van der Waals surface area contributed by atoms with E-state index in [1.807, 2.05) is 0 Å². The highest BCUT2D eigenvalue weighted by molar-refractivity contribution is 4.80. The first-order valence-corrected chi connectivity index (χ1v) is 12.8. The van der Waals surface area contributed by atoms with Crippen LogP contribution in [0, 0.1) is 0 Å². The molecule has 0 bridgehead atoms. The van der Waals surface area contributed by atoms with Crippen molar-refractivity contribution in [2.24, 2.45) is 22.9 Å². The summed E-state index contributed by atoms with van der Waals surface area (Å²) in [6.07, 6.45) is 14.1. The maximum Gasteiger partial charge on any atom is 0.0908 e.